The zero-order valence-corrected chi connectivity index (χ0v) is 8.95. The van der Waals surface area contributed by atoms with Crippen LogP contribution in [0, 0.1) is 0 Å². The highest BCUT2D eigenvalue weighted by atomic mass is 79.9. The van der Waals surface area contributed by atoms with Gasteiger partial charge in [0.1, 0.15) is 17.9 Å². The highest BCUT2D eigenvalue weighted by Crippen LogP contribution is 2.22. The summed E-state index contributed by atoms with van der Waals surface area (Å²) in [6, 6.07) is 4.82. The first-order chi connectivity index (χ1) is 6.65. The van der Waals surface area contributed by atoms with Crippen molar-refractivity contribution in [3.63, 3.8) is 0 Å². The summed E-state index contributed by atoms with van der Waals surface area (Å²) < 4.78 is 5.88. The molecular weight excluding hydrogens is 250 g/mol. The van der Waals surface area contributed by atoms with Gasteiger partial charge in [0.25, 0.3) is 0 Å². The van der Waals surface area contributed by atoms with Crippen molar-refractivity contribution in [1.29, 1.82) is 0 Å². The largest absolute Gasteiger partial charge is 0.491 e. The van der Waals surface area contributed by atoms with Crippen LogP contribution in [0.5, 0.6) is 5.75 Å². The highest BCUT2D eigenvalue weighted by molar-refractivity contribution is 9.10. The summed E-state index contributed by atoms with van der Waals surface area (Å²) in [7, 11) is 0. The van der Waals surface area contributed by atoms with Crippen LogP contribution in [0.2, 0.25) is 0 Å². The first-order valence-corrected chi connectivity index (χ1v) is 4.80. The van der Waals surface area contributed by atoms with Crippen molar-refractivity contribution in [1.82, 2.24) is 0 Å². The second-order valence-electron chi connectivity index (χ2n) is 2.58. The third-order valence-electron chi connectivity index (χ3n) is 1.55. The molecule has 0 aliphatic rings. The van der Waals surface area contributed by atoms with Gasteiger partial charge in [-0.1, -0.05) is 15.9 Å². The van der Waals surface area contributed by atoms with Crippen molar-refractivity contribution in [2.24, 2.45) is 5.73 Å². The van der Waals surface area contributed by atoms with Crippen LogP contribution in [0.3, 0.4) is 0 Å². The number of halogens is 1. The number of ether oxygens (including phenoxy) is 1. The van der Waals surface area contributed by atoms with Gasteiger partial charge in [-0.2, -0.15) is 0 Å². The Bertz CT molecular complexity index is 341. The minimum absolute atomic E-state index is 0.132. The zero-order chi connectivity index (χ0) is 10.6. The van der Waals surface area contributed by atoms with Crippen molar-refractivity contribution < 1.29 is 14.6 Å². The maximum atomic E-state index is 10.8. The molecule has 0 unspecified atom stereocenters. The second-order valence-corrected chi connectivity index (χ2v) is 3.50. The summed E-state index contributed by atoms with van der Waals surface area (Å²) in [6.07, 6.45) is 0. The Balaban J connectivity index is 2.96. The van der Waals surface area contributed by atoms with Gasteiger partial charge in [-0.05, 0) is 18.2 Å². The fourth-order valence-electron chi connectivity index (χ4n) is 0.964. The van der Waals surface area contributed by atoms with Gasteiger partial charge < -0.3 is 15.6 Å². The molecule has 4 nitrogen and oxygen atoms in total. The smallest absolute Gasteiger partial charge is 0.339 e. The molecule has 0 fully saturated rings. The van der Waals surface area contributed by atoms with Gasteiger partial charge in [0.2, 0.25) is 0 Å². The van der Waals surface area contributed by atoms with Gasteiger partial charge in [-0.3, -0.25) is 0 Å². The first-order valence-electron chi connectivity index (χ1n) is 4.01. The van der Waals surface area contributed by atoms with E-state index in [2.05, 4.69) is 15.9 Å². The number of carbonyl (C=O) groups is 1. The van der Waals surface area contributed by atoms with Gasteiger partial charge in [0.05, 0.1) is 0 Å². The number of aromatic carboxylic acids is 1. The zero-order valence-electron chi connectivity index (χ0n) is 7.37. The molecule has 0 heterocycles. The Hall–Kier alpha value is -1.07. The number of benzene rings is 1. The standard InChI is InChI=1S/C9H10BrNO3/c10-6-1-2-8(14-4-3-11)7(5-6)9(12)13/h1-2,5H,3-4,11H2,(H,12,13). The minimum Gasteiger partial charge on any atom is -0.491 e. The third-order valence-corrected chi connectivity index (χ3v) is 2.04. The van der Waals surface area contributed by atoms with Crippen LogP contribution in [-0.4, -0.2) is 24.2 Å². The van der Waals surface area contributed by atoms with E-state index in [0.29, 0.717) is 23.4 Å². The predicted molar refractivity (Wildman–Crippen MR) is 55.7 cm³/mol. The highest BCUT2D eigenvalue weighted by Gasteiger charge is 2.11. The second kappa shape index (κ2) is 4.97. The van der Waals surface area contributed by atoms with E-state index in [0.717, 1.165) is 0 Å². The third kappa shape index (κ3) is 2.71. The van der Waals surface area contributed by atoms with Gasteiger partial charge in [0, 0.05) is 11.0 Å². The van der Waals surface area contributed by atoms with Crippen LogP contribution in [0.1, 0.15) is 10.4 Å². The van der Waals surface area contributed by atoms with E-state index < -0.39 is 5.97 Å². The summed E-state index contributed by atoms with van der Waals surface area (Å²) >= 11 is 3.19. The van der Waals surface area contributed by atoms with Crippen LogP contribution in [-0.2, 0) is 0 Å². The lowest BCUT2D eigenvalue weighted by molar-refractivity contribution is 0.0692. The predicted octanol–water partition coefficient (Wildman–Crippen LogP) is 1.48. The molecule has 1 aromatic carbocycles. The quantitative estimate of drug-likeness (QED) is 0.860. The average molecular weight is 260 g/mol. The normalized spacial score (nSPS) is 9.86. The summed E-state index contributed by atoms with van der Waals surface area (Å²) in [5, 5.41) is 8.86. The number of hydrogen-bond acceptors (Lipinski definition) is 3. The fourth-order valence-corrected chi connectivity index (χ4v) is 1.33. The molecule has 0 atom stereocenters. The van der Waals surface area contributed by atoms with Crippen molar-refractivity contribution in [3.05, 3.63) is 28.2 Å². The lowest BCUT2D eigenvalue weighted by Crippen LogP contribution is -2.12. The molecule has 5 heteroatoms. The number of carboxylic acid groups (broad SMARTS) is 1. The molecule has 1 rings (SSSR count). The molecule has 14 heavy (non-hydrogen) atoms. The lowest BCUT2D eigenvalue weighted by Gasteiger charge is -2.07. The van der Waals surface area contributed by atoms with E-state index in [9.17, 15) is 4.79 Å². The summed E-state index contributed by atoms with van der Waals surface area (Å²) in [5.41, 5.74) is 5.38. The van der Waals surface area contributed by atoms with Gasteiger partial charge in [-0.25, -0.2) is 4.79 Å². The van der Waals surface area contributed by atoms with Crippen LogP contribution in [0.4, 0.5) is 0 Å². The fraction of sp³-hybridized carbons (Fsp3) is 0.222. The molecule has 3 N–H and O–H groups in total. The molecule has 0 aromatic heterocycles. The molecule has 0 aliphatic carbocycles. The Morgan fingerprint density at radius 2 is 2.29 bits per heavy atom. The monoisotopic (exact) mass is 259 g/mol. The number of rotatable bonds is 4. The Labute approximate surface area is 89.8 Å². The van der Waals surface area contributed by atoms with E-state index in [-0.39, 0.29) is 5.56 Å². The Morgan fingerprint density at radius 1 is 1.57 bits per heavy atom. The van der Waals surface area contributed by atoms with Crippen molar-refractivity contribution in [2.45, 2.75) is 0 Å². The molecule has 0 amide bonds. The van der Waals surface area contributed by atoms with Gasteiger partial charge >= 0.3 is 5.97 Å². The molecule has 0 radical (unpaired) electrons. The van der Waals surface area contributed by atoms with Crippen LogP contribution < -0.4 is 10.5 Å². The average Bonchev–Trinajstić information content (AvgIpc) is 2.15. The van der Waals surface area contributed by atoms with Crippen molar-refractivity contribution >= 4 is 21.9 Å². The summed E-state index contributed by atoms with van der Waals surface area (Å²) in [6.45, 7) is 0.664. The van der Waals surface area contributed by atoms with Crippen LogP contribution in [0.15, 0.2) is 22.7 Å². The SMILES string of the molecule is NCCOc1ccc(Br)cc1C(=O)O. The number of nitrogens with two attached hydrogens (primary N) is 1. The molecule has 0 spiro atoms. The maximum Gasteiger partial charge on any atom is 0.339 e. The van der Waals surface area contributed by atoms with Gasteiger partial charge in [0.15, 0.2) is 0 Å². The molecule has 0 aliphatic heterocycles. The van der Waals surface area contributed by atoms with Crippen molar-refractivity contribution in [3.8, 4) is 5.75 Å². The van der Waals surface area contributed by atoms with Gasteiger partial charge in [-0.15, -0.1) is 0 Å². The van der Waals surface area contributed by atoms with Crippen LogP contribution in [0.25, 0.3) is 0 Å². The molecular formula is C9H10BrNO3. The number of carboxylic acids is 1. The first kappa shape index (κ1) is 11.0. The summed E-state index contributed by atoms with van der Waals surface area (Å²) in [4.78, 5) is 10.8. The molecule has 0 saturated carbocycles. The van der Waals surface area contributed by atoms with E-state index in [1.807, 2.05) is 0 Å². The van der Waals surface area contributed by atoms with Crippen molar-refractivity contribution in [2.75, 3.05) is 13.2 Å². The summed E-state index contributed by atoms with van der Waals surface area (Å²) in [5.74, 6) is -0.676. The molecule has 1 aromatic rings. The molecule has 76 valence electrons. The lowest BCUT2D eigenvalue weighted by atomic mass is 10.2. The molecule has 0 saturated heterocycles. The Morgan fingerprint density at radius 3 is 2.86 bits per heavy atom. The van der Waals surface area contributed by atoms with E-state index >= 15 is 0 Å². The van der Waals surface area contributed by atoms with Crippen LogP contribution >= 0.6 is 15.9 Å². The van der Waals surface area contributed by atoms with E-state index in [1.165, 1.54) is 6.07 Å². The maximum absolute atomic E-state index is 10.8. The topological polar surface area (TPSA) is 72.5 Å². The Kier molecular flexibility index (Phi) is 3.91. The van der Waals surface area contributed by atoms with E-state index in [4.69, 9.17) is 15.6 Å². The molecule has 0 bridgehead atoms. The van der Waals surface area contributed by atoms with E-state index in [1.54, 1.807) is 12.1 Å². The number of hydrogen-bond donors (Lipinski definition) is 2. The minimum atomic E-state index is -1.02.